The molecule has 0 N–H and O–H groups in total. The number of rotatable bonds is 9. The van der Waals surface area contributed by atoms with Gasteiger partial charge < -0.3 is 0 Å². The third-order valence-electron chi connectivity index (χ3n) is 3.28. The molecule has 0 bridgehead atoms. The Morgan fingerprint density at radius 1 is 1.05 bits per heavy atom. The van der Waals surface area contributed by atoms with Crippen molar-refractivity contribution in [3.8, 4) is 0 Å². The van der Waals surface area contributed by atoms with Gasteiger partial charge in [0.2, 0.25) is 0 Å². The molecule has 19 heavy (non-hydrogen) atoms. The van der Waals surface area contributed by atoms with Crippen LogP contribution in [0.25, 0.3) is 0 Å². The summed E-state index contributed by atoms with van der Waals surface area (Å²) in [6.45, 7) is 5.33. The Hall–Kier alpha value is -0.591. The summed E-state index contributed by atoms with van der Waals surface area (Å²) < 4.78 is 1.05. The van der Waals surface area contributed by atoms with E-state index in [4.69, 9.17) is 0 Å². The molecule has 0 atom stereocenters. The van der Waals surface area contributed by atoms with E-state index in [-0.39, 0.29) is 0 Å². The first-order chi connectivity index (χ1) is 9.24. The summed E-state index contributed by atoms with van der Waals surface area (Å²) in [7, 11) is 0. The van der Waals surface area contributed by atoms with Crippen LogP contribution in [0.15, 0.2) is 29.3 Å². The van der Waals surface area contributed by atoms with Crippen LogP contribution in [-0.4, -0.2) is 27.2 Å². The number of aliphatic imine (C=N–C) groups is 1. The van der Waals surface area contributed by atoms with E-state index in [0.29, 0.717) is 0 Å². The molecule has 0 saturated carbocycles. The second kappa shape index (κ2) is 10.2. The molecule has 0 saturated heterocycles. The van der Waals surface area contributed by atoms with Crippen molar-refractivity contribution in [2.75, 3.05) is 6.54 Å². The minimum atomic E-state index is 0.948. The van der Waals surface area contributed by atoms with Gasteiger partial charge in [0.05, 0.1) is 0 Å². The molecule has 0 aromatic heterocycles. The Morgan fingerprint density at radius 3 is 2.42 bits per heavy atom. The van der Waals surface area contributed by atoms with Crippen molar-refractivity contribution in [2.24, 2.45) is 4.99 Å². The molecule has 1 aromatic carbocycles. The van der Waals surface area contributed by atoms with Crippen molar-refractivity contribution >= 4 is 20.6 Å². The summed E-state index contributed by atoms with van der Waals surface area (Å²) in [4.78, 5) is 4.63. The molecule has 0 spiro atoms. The molecule has 1 rings (SSSR count). The summed E-state index contributed by atoms with van der Waals surface area (Å²) >= 11 is 3.09. The Labute approximate surface area is 126 Å². The predicted molar refractivity (Wildman–Crippen MR) is 86.3 cm³/mol. The molecule has 2 heteroatoms. The van der Waals surface area contributed by atoms with Crippen LogP contribution >= 0.6 is 0 Å². The SMILES string of the molecule is CCCCCCCCCN=C([Se])c1cccc(C)c1. The summed E-state index contributed by atoms with van der Waals surface area (Å²) in [5.41, 5.74) is 2.50. The van der Waals surface area contributed by atoms with E-state index in [1.165, 1.54) is 56.1 Å². The molecule has 0 aliphatic rings. The second-order valence-electron chi connectivity index (χ2n) is 5.18. The summed E-state index contributed by atoms with van der Waals surface area (Å²) in [6, 6.07) is 8.51. The third kappa shape index (κ3) is 7.54. The molecule has 0 amide bonds. The van der Waals surface area contributed by atoms with Gasteiger partial charge in [-0.15, -0.1) is 0 Å². The molecule has 0 heterocycles. The van der Waals surface area contributed by atoms with Gasteiger partial charge in [-0.2, -0.15) is 0 Å². The van der Waals surface area contributed by atoms with Crippen LogP contribution in [0.4, 0.5) is 0 Å². The number of nitrogens with zero attached hydrogens (tertiary/aromatic N) is 1. The molecule has 105 valence electrons. The Kier molecular flexibility index (Phi) is 8.86. The van der Waals surface area contributed by atoms with Crippen LogP contribution < -0.4 is 0 Å². The standard InChI is InChI=1S/C17H26NSe/c1-3-4-5-6-7-8-9-13-18-17(19)16-12-10-11-15(2)14-16/h10-12,14H,3-9,13H2,1-2H3. The number of benzene rings is 1. The van der Waals surface area contributed by atoms with Crippen molar-refractivity contribution < 1.29 is 0 Å². The fourth-order valence-electron chi connectivity index (χ4n) is 2.12. The third-order valence-corrected chi connectivity index (χ3v) is 4.05. The van der Waals surface area contributed by atoms with Crippen LogP contribution in [-0.2, 0) is 0 Å². The van der Waals surface area contributed by atoms with Gasteiger partial charge in [0, 0.05) is 0 Å². The molecule has 0 unspecified atom stereocenters. The molecular weight excluding hydrogens is 297 g/mol. The Bertz CT molecular complexity index is 385. The number of hydrogen-bond acceptors (Lipinski definition) is 1. The minimum absolute atomic E-state index is 0.948. The van der Waals surface area contributed by atoms with Crippen molar-refractivity contribution in [3.63, 3.8) is 0 Å². The summed E-state index contributed by atoms with van der Waals surface area (Å²) in [5.74, 6) is 0. The second-order valence-corrected chi connectivity index (χ2v) is 5.99. The molecule has 1 aromatic rings. The van der Waals surface area contributed by atoms with Gasteiger partial charge in [-0.05, 0) is 0 Å². The first-order valence-corrected chi connectivity index (χ1v) is 8.38. The topological polar surface area (TPSA) is 12.4 Å². The van der Waals surface area contributed by atoms with Gasteiger partial charge in [-0.1, -0.05) is 0 Å². The van der Waals surface area contributed by atoms with E-state index in [2.05, 4.69) is 59.1 Å². The maximum atomic E-state index is 4.63. The normalized spacial score (nSPS) is 11.8. The van der Waals surface area contributed by atoms with Gasteiger partial charge in [-0.25, -0.2) is 0 Å². The number of aryl methyl sites for hydroxylation is 1. The van der Waals surface area contributed by atoms with Crippen LogP contribution in [0.2, 0.25) is 0 Å². The van der Waals surface area contributed by atoms with E-state index in [1.54, 1.807) is 0 Å². The Morgan fingerprint density at radius 2 is 1.74 bits per heavy atom. The van der Waals surface area contributed by atoms with E-state index >= 15 is 0 Å². The average molecular weight is 323 g/mol. The average Bonchev–Trinajstić information content (AvgIpc) is 2.41. The van der Waals surface area contributed by atoms with Crippen molar-refractivity contribution in [3.05, 3.63) is 35.4 Å². The van der Waals surface area contributed by atoms with Gasteiger partial charge in [0.1, 0.15) is 0 Å². The zero-order chi connectivity index (χ0) is 13.9. The van der Waals surface area contributed by atoms with Crippen LogP contribution in [0.3, 0.4) is 0 Å². The van der Waals surface area contributed by atoms with E-state index < -0.39 is 0 Å². The fourth-order valence-corrected chi connectivity index (χ4v) is 2.58. The summed E-state index contributed by atoms with van der Waals surface area (Å²) in [6.07, 6.45) is 9.39. The van der Waals surface area contributed by atoms with Crippen LogP contribution in [0.5, 0.6) is 0 Å². The Balaban J connectivity index is 2.18. The van der Waals surface area contributed by atoms with Crippen LogP contribution in [0.1, 0.15) is 63.0 Å². The van der Waals surface area contributed by atoms with Crippen molar-refractivity contribution in [1.29, 1.82) is 0 Å². The molecule has 1 nitrogen and oxygen atoms in total. The summed E-state index contributed by atoms with van der Waals surface area (Å²) in [5, 5.41) is 0. The van der Waals surface area contributed by atoms with Gasteiger partial charge >= 0.3 is 126 Å². The molecule has 0 aliphatic carbocycles. The first-order valence-electron chi connectivity index (χ1n) is 7.52. The quantitative estimate of drug-likeness (QED) is 0.356. The molecule has 1 radical (unpaired) electrons. The van der Waals surface area contributed by atoms with Crippen molar-refractivity contribution in [1.82, 2.24) is 0 Å². The van der Waals surface area contributed by atoms with E-state index in [0.717, 1.165) is 11.2 Å². The van der Waals surface area contributed by atoms with Gasteiger partial charge in [0.15, 0.2) is 0 Å². The van der Waals surface area contributed by atoms with Gasteiger partial charge in [-0.3, -0.25) is 0 Å². The molecule has 0 fully saturated rings. The van der Waals surface area contributed by atoms with E-state index in [9.17, 15) is 0 Å². The monoisotopic (exact) mass is 324 g/mol. The number of hydrogen-bond donors (Lipinski definition) is 0. The molecule has 0 aliphatic heterocycles. The predicted octanol–water partition coefficient (Wildman–Crippen LogP) is 4.66. The fraction of sp³-hybridized carbons (Fsp3) is 0.588. The van der Waals surface area contributed by atoms with Crippen LogP contribution in [0, 0.1) is 6.92 Å². The zero-order valence-electron chi connectivity index (χ0n) is 12.3. The van der Waals surface area contributed by atoms with Gasteiger partial charge in [0.25, 0.3) is 0 Å². The zero-order valence-corrected chi connectivity index (χ0v) is 14.0. The number of unbranched alkanes of at least 4 members (excludes halogenated alkanes) is 6. The molecular formula is C17H26NSe. The van der Waals surface area contributed by atoms with Crippen molar-refractivity contribution in [2.45, 2.75) is 58.8 Å². The maximum absolute atomic E-state index is 4.63. The first kappa shape index (κ1) is 16.5. The van der Waals surface area contributed by atoms with E-state index in [1.807, 2.05) is 0 Å².